The van der Waals surface area contributed by atoms with Crippen LogP contribution in [0.3, 0.4) is 0 Å². The first kappa shape index (κ1) is 12.0. The molecular formula is C13H10FNO3. The van der Waals surface area contributed by atoms with Gasteiger partial charge < -0.3 is 9.84 Å². The molecule has 2 rings (SSSR count). The van der Waals surface area contributed by atoms with Crippen molar-refractivity contribution >= 4 is 5.97 Å². The summed E-state index contributed by atoms with van der Waals surface area (Å²) in [6, 6.07) is 8.69. The number of benzene rings is 1. The van der Waals surface area contributed by atoms with Gasteiger partial charge in [0, 0.05) is 6.20 Å². The zero-order valence-electron chi connectivity index (χ0n) is 9.34. The molecule has 4 nitrogen and oxygen atoms in total. The fraction of sp³-hybridized carbons (Fsp3) is 0.0769. The first-order valence-electron chi connectivity index (χ1n) is 5.22. The van der Waals surface area contributed by atoms with Crippen LogP contribution in [0.1, 0.15) is 16.1 Å². The molecule has 0 bridgehead atoms. The average molecular weight is 247 g/mol. The fourth-order valence-electron chi connectivity index (χ4n) is 1.37. The number of ether oxygens (including phenoxy) is 1. The smallest absolute Gasteiger partial charge is 0.335 e. The summed E-state index contributed by atoms with van der Waals surface area (Å²) in [5.41, 5.74) is 0.381. The molecule has 1 heterocycles. The lowest BCUT2D eigenvalue weighted by Gasteiger charge is -2.06. The normalized spacial score (nSPS) is 10.1. The van der Waals surface area contributed by atoms with Gasteiger partial charge in [-0.2, -0.15) is 0 Å². The Bertz CT molecular complexity index is 554. The summed E-state index contributed by atoms with van der Waals surface area (Å²) in [6.45, 7) is -0.000901. The molecular weight excluding hydrogens is 237 g/mol. The number of carbonyl (C=O) groups is 1. The Hall–Kier alpha value is -2.43. The molecule has 1 aromatic heterocycles. The predicted molar refractivity (Wildman–Crippen MR) is 61.9 cm³/mol. The van der Waals surface area contributed by atoms with Crippen LogP contribution in [-0.4, -0.2) is 16.1 Å². The van der Waals surface area contributed by atoms with Crippen LogP contribution in [-0.2, 0) is 6.61 Å². The number of aromatic nitrogens is 1. The van der Waals surface area contributed by atoms with Crippen molar-refractivity contribution in [2.75, 3.05) is 0 Å². The Morgan fingerprint density at radius 2 is 2.00 bits per heavy atom. The zero-order chi connectivity index (χ0) is 13.0. The zero-order valence-corrected chi connectivity index (χ0v) is 9.34. The molecule has 18 heavy (non-hydrogen) atoms. The molecule has 1 N–H and O–H groups in total. The van der Waals surface area contributed by atoms with Crippen LogP contribution in [0.25, 0.3) is 0 Å². The van der Waals surface area contributed by atoms with Crippen molar-refractivity contribution in [2.24, 2.45) is 0 Å². The molecule has 1 aromatic carbocycles. The number of carboxylic acids is 1. The molecule has 0 fully saturated rings. The van der Waals surface area contributed by atoms with E-state index in [1.807, 2.05) is 0 Å². The van der Waals surface area contributed by atoms with Gasteiger partial charge in [-0.25, -0.2) is 9.18 Å². The number of hydrogen-bond donors (Lipinski definition) is 1. The van der Waals surface area contributed by atoms with Gasteiger partial charge >= 0.3 is 5.97 Å². The standard InChI is InChI=1S/C13H10FNO3/c14-11-2-1-7-15-12(11)8-18-10-5-3-9(4-6-10)13(16)17/h1-7H,8H2,(H,16,17). The Labute approximate surface area is 103 Å². The molecule has 0 aliphatic rings. The molecule has 0 aliphatic heterocycles. The third kappa shape index (κ3) is 2.82. The topological polar surface area (TPSA) is 59.4 Å². The van der Waals surface area contributed by atoms with Crippen LogP contribution in [0, 0.1) is 5.82 Å². The predicted octanol–water partition coefficient (Wildman–Crippen LogP) is 2.50. The van der Waals surface area contributed by atoms with Crippen molar-refractivity contribution < 1.29 is 19.0 Å². The summed E-state index contributed by atoms with van der Waals surface area (Å²) in [6.07, 6.45) is 1.48. The minimum absolute atomic E-state index is 0.000901. The number of hydrogen-bond acceptors (Lipinski definition) is 3. The molecule has 0 saturated heterocycles. The summed E-state index contributed by atoms with van der Waals surface area (Å²) < 4.78 is 18.6. The van der Waals surface area contributed by atoms with E-state index in [1.54, 1.807) is 0 Å². The molecule has 0 saturated carbocycles. The Balaban J connectivity index is 2.02. The van der Waals surface area contributed by atoms with Gasteiger partial charge in [-0.3, -0.25) is 4.98 Å². The van der Waals surface area contributed by atoms with Crippen molar-refractivity contribution in [3.05, 3.63) is 59.7 Å². The minimum atomic E-state index is -1.00. The molecule has 0 aliphatic carbocycles. The maximum Gasteiger partial charge on any atom is 0.335 e. The second kappa shape index (κ2) is 5.27. The van der Waals surface area contributed by atoms with Crippen molar-refractivity contribution in [1.82, 2.24) is 4.98 Å². The summed E-state index contributed by atoms with van der Waals surface area (Å²) >= 11 is 0. The van der Waals surface area contributed by atoms with Gasteiger partial charge in [0.25, 0.3) is 0 Å². The van der Waals surface area contributed by atoms with Crippen LogP contribution in [0.2, 0.25) is 0 Å². The average Bonchev–Trinajstić information content (AvgIpc) is 2.38. The SMILES string of the molecule is O=C(O)c1ccc(OCc2ncccc2F)cc1. The number of aromatic carboxylic acids is 1. The van der Waals surface area contributed by atoms with E-state index in [9.17, 15) is 9.18 Å². The van der Waals surface area contributed by atoms with Crippen LogP contribution in [0.15, 0.2) is 42.6 Å². The highest BCUT2D eigenvalue weighted by Gasteiger charge is 2.05. The largest absolute Gasteiger partial charge is 0.487 e. The van der Waals surface area contributed by atoms with E-state index in [1.165, 1.54) is 42.6 Å². The summed E-state index contributed by atoms with van der Waals surface area (Å²) in [5, 5.41) is 8.72. The van der Waals surface area contributed by atoms with Crippen molar-refractivity contribution in [3.63, 3.8) is 0 Å². The monoisotopic (exact) mass is 247 g/mol. The van der Waals surface area contributed by atoms with Crippen LogP contribution >= 0.6 is 0 Å². The van der Waals surface area contributed by atoms with Gasteiger partial charge in [0.05, 0.1) is 5.56 Å². The molecule has 0 unspecified atom stereocenters. The quantitative estimate of drug-likeness (QED) is 0.901. The van der Waals surface area contributed by atoms with Crippen molar-refractivity contribution in [3.8, 4) is 5.75 Å². The second-order valence-corrected chi connectivity index (χ2v) is 3.55. The third-order valence-electron chi connectivity index (χ3n) is 2.31. The second-order valence-electron chi connectivity index (χ2n) is 3.55. The number of pyridine rings is 1. The number of halogens is 1. The van der Waals surface area contributed by atoms with Gasteiger partial charge in [-0.15, -0.1) is 0 Å². The number of carboxylic acid groups (broad SMARTS) is 1. The van der Waals surface area contributed by atoms with E-state index in [4.69, 9.17) is 9.84 Å². The van der Waals surface area contributed by atoms with E-state index in [-0.39, 0.29) is 17.9 Å². The van der Waals surface area contributed by atoms with Gasteiger partial charge in [0.1, 0.15) is 23.9 Å². The van der Waals surface area contributed by atoms with Crippen molar-refractivity contribution in [2.45, 2.75) is 6.61 Å². The summed E-state index contributed by atoms with van der Waals surface area (Å²) in [4.78, 5) is 14.5. The molecule has 0 amide bonds. The lowest BCUT2D eigenvalue weighted by molar-refractivity contribution is 0.0697. The van der Waals surface area contributed by atoms with Gasteiger partial charge in [-0.05, 0) is 36.4 Å². The van der Waals surface area contributed by atoms with Crippen LogP contribution < -0.4 is 4.74 Å². The number of rotatable bonds is 4. The molecule has 5 heteroatoms. The molecule has 2 aromatic rings. The maximum atomic E-state index is 13.2. The van der Waals surface area contributed by atoms with E-state index < -0.39 is 11.8 Å². The summed E-state index contributed by atoms with van der Waals surface area (Å²) in [5.74, 6) is -0.970. The Kier molecular flexibility index (Phi) is 3.52. The Morgan fingerprint density at radius 1 is 1.28 bits per heavy atom. The van der Waals surface area contributed by atoms with Crippen LogP contribution in [0.5, 0.6) is 5.75 Å². The van der Waals surface area contributed by atoms with Gasteiger partial charge in [0.2, 0.25) is 0 Å². The summed E-state index contributed by atoms with van der Waals surface area (Å²) in [7, 11) is 0. The highest BCUT2D eigenvalue weighted by atomic mass is 19.1. The highest BCUT2D eigenvalue weighted by Crippen LogP contribution is 2.14. The van der Waals surface area contributed by atoms with E-state index in [0.29, 0.717) is 5.75 Å². The first-order valence-corrected chi connectivity index (χ1v) is 5.22. The van der Waals surface area contributed by atoms with E-state index in [0.717, 1.165) is 0 Å². The van der Waals surface area contributed by atoms with Crippen LogP contribution in [0.4, 0.5) is 4.39 Å². The molecule has 0 atom stereocenters. The van der Waals surface area contributed by atoms with Crippen molar-refractivity contribution in [1.29, 1.82) is 0 Å². The molecule has 92 valence electrons. The lowest BCUT2D eigenvalue weighted by Crippen LogP contribution is -2.01. The maximum absolute atomic E-state index is 13.2. The van der Waals surface area contributed by atoms with Gasteiger partial charge in [-0.1, -0.05) is 0 Å². The minimum Gasteiger partial charge on any atom is -0.487 e. The molecule has 0 spiro atoms. The first-order chi connectivity index (χ1) is 8.66. The fourth-order valence-corrected chi connectivity index (χ4v) is 1.37. The highest BCUT2D eigenvalue weighted by molar-refractivity contribution is 5.87. The number of nitrogens with zero attached hydrogens (tertiary/aromatic N) is 1. The van der Waals surface area contributed by atoms with E-state index >= 15 is 0 Å². The third-order valence-corrected chi connectivity index (χ3v) is 2.31. The Morgan fingerprint density at radius 3 is 2.61 bits per heavy atom. The van der Waals surface area contributed by atoms with Gasteiger partial charge in [0.15, 0.2) is 0 Å². The lowest BCUT2D eigenvalue weighted by atomic mass is 10.2. The molecule has 0 radical (unpaired) electrons. The van der Waals surface area contributed by atoms with E-state index in [2.05, 4.69) is 4.98 Å².